The minimum Gasteiger partial charge on any atom is -0.314 e. The van der Waals surface area contributed by atoms with Crippen LogP contribution in [0.1, 0.15) is 22.8 Å². The average Bonchev–Trinajstić information content (AvgIpc) is 2.86. The molecule has 0 N–H and O–H groups in total. The molecule has 112 valence electrons. The third kappa shape index (κ3) is 2.48. The van der Waals surface area contributed by atoms with Crippen LogP contribution >= 0.6 is 11.3 Å². The fourth-order valence-corrected chi connectivity index (χ4v) is 3.53. The molecule has 1 amide bonds. The number of halogens is 1. The summed E-state index contributed by atoms with van der Waals surface area (Å²) in [6.07, 6.45) is 0. The van der Waals surface area contributed by atoms with Gasteiger partial charge in [0, 0.05) is 12.1 Å². The van der Waals surface area contributed by atoms with Crippen LogP contribution in [0.25, 0.3) is 10.2 Å². The molecule has 0 saturated heterocycles. The van der Waals surface area contributed by atoms with Crippen molar-refractivity contribution in [2.24, 2.45) is 4.99 Å². The van der Waals surface area contributed by atoms with Crippen LogP contribution in [0.15, 0.2) is 47.5 Å². The van der Waals surface area contributed by atoms with Crippen molar-refractivity contribution >= 4 is 27.5 Å². The van der Waals surface area contributed by atoms with Gasteiger partial charge in [0.05, 0.1) is 10.2 Å². The lowest BCUT2D eigenvalue weighted by atomic mass is 10.1. The van der Waals surface area contributed by atoms with Gasteiger partial charge in [-0.3, -0.25) is 4.79 Å². The Kier molecular flexibility index (Phi) is 3.90. The molecule has 3 aromatic rings. The van der Waals surface area contributed by atoms with E-state index in [-0.39, 0.29) is 11.7 Å². The van der Waals surface area contributed by atoms with Gasteiger partial charge in [0.25, 0.3) is 5.91 Å². The second kappa shape index (κ2) is 5.85. The van der Waals surface area contributed by atoms with Gasteiger partial charge in [-0.2, -0.15) is 4.99 Å². The molecule has 0 bridgehead atoms. The van der Waals surface area contributed by atoms with E-state index in [4.69, 9.17) is 0 Å². The minimum absolute atomic E-state index is 0.291. The second-order valence-electron chi connectivity index (χ2n) is 4.95. The van der Waals surface area contributed by atoms with E-state index in [1.807, 2.05) is 38.1 Å². The lowest BCUT2D eigenvalue weighted by Gasteiger charge is -2.02. The van der Waals surface area contributed by atoms with Gasteiger partial charge in [0.15, 0.2) is 4.80 Å². The number of rotatable bonds is 2. The lowest BCUT2D eigenvalue weighted by molar-refractivity contribution is 0.0997. The van der Waals surface area contributed by atoms with E-state index in [1.165, 1.54) is 17.4 Å². The molecule has 0 aliphatic carbocycles. The number of para-hydroxylation sites is 1. The molecule has 5 heteroatoms. The summed E-state index contributed by atoms with van der Waals surface area (Å²) in [6, 6.07) is 12.3. The molecule has 1 aromatic heterocycles. The predicted molar refractivity (Wildman–Crippen MR) is 86.5 cm³/mol. The first-order valence-corrected chi connectivity index (χ1v) is 7.86. The van der Waals surface area contributed by atoms with Crippen LogP contribution in [-0.4, -0.2) is 10.5 Å². The van der Waals surface area contributed by atoms with Crippen molar-refractivity contribution in [1.82, 2.24) is 4.57 Å². The van der Waals surface area contributed by atoms with Gasteiger partial charge in [-0.1, -0.05) is 35.6 Å². The summed E-state index contributed by atoms with van der Waals surface area (Å²) >= 11 is 1.33. The molecule has 0 aliphatic rings. The van der Waals surface area contributed by atoms with Gasteiger partial charge in [-0.15, -0.1) is 0 Å². The monoisotopic (exact) mass is 314 g/mol. The predicted octanol–water partition coefficient (Wildman–Crippen LogP) is 3.91. The fraction of sp³-hybridized carbons (Fsp3) is 0.176. The van der Waals surface area contributed by atoms with E-state index in [9.17, 15) is 9.18 Å². The van der Waals surface area contributed by atoms with Crippen LogP contribution in [0.4, 0.5) is 4.39 Å². The van der Waals surface area contributed by atoms with E-state index >= 15 is 0 Å². The first-order valence-electron chi connectivity index (χ1n) is 7.04. The molecule has 1 heterocycles. The Bertz CT molecular complexity index is 924. The highest BCUT2D eigenvalue weighted by Gasteiger charge is 2.12. The molecule has 22 heavy (non-hydrogen) atoms. The summed E-state index contributed by atoms with van der Waals surface area (Å²) in [5, 5.41) is 0. The quantitative estimate of drug-likeness (QED) is 0.706. The van der Waals surface area contributed by atoms with E-state index in [1.54, 1.807) is 16.7 Å². The van der Waals surface area contributed by atoms with Gasteiger partial charge >= 0.3 is 0 Å². The molecule has 3 rings (SSSR count). The SMILES string of the molecule is CCn1c(=NC(=O)c2ccccc2C)sc2cccc(F)c21. The summed E-state index contributed by atoms with van der Waals surface area (Å²) in [5.41, 5.74) is 1.96. The molecule has 0 atom stereocenters. The van der Waals surface area contributed by atoms with Crippen molar-refractivity contribution in [3.05, 3.63) is 64.2 Å². The van der Waals surface area contributed by atoms with E-state index in [2.05, 4.69) is 4.99 Å². The Morgan fingerprint density at radius 2 is 2.00 bits per heavy atom. The number of hydrogen-bond donors (Lipinski definition) is 0. The highest BCUT2D eigenvalue weighted by atomic mass is 32.1. The number of aryl methyl sites for hydroxylation is 2. The molecule has 0 unspecified atom stereocenters. The molecular weight excluding hydrogens is 299 g/mol. The zero-order valence-electron chi connectivity index (χ0n) is 12.3. The van der Waals surface area contributed by atoms with Crippen LogP contribution in [0.3, 0.4) is 0 Å². The zero-order chi connectivity index (χ0) is 15.7. The smallest absolute Gasteiger partial charge is 0.279 e. The Hall–Kier alpha value is -2.27. The maximum Gasteiger partial charge on any atom is 0.279 e. The number of hydrogen-bond acceptors (Lipinski definition) is 2. The fourth-order valence-electron chi connectivity index (χ4n) is 2.43. The third-order valence-corrected chi connectivity index (χ3v) is 4.58. The van der Waals surface area contributed by atoms with Gasteiger partial charge in [0.2, 0.25) is 0 Å². The van der Waals surface area contributed by atoms with Crippen LogP contribution < -0.4 is 4.80 Å². The number of amides is 1. The van der Waals surface area contributed by atoms with Crippen molar-refractivity contribution in [2.75, 3.05) is 0 Å². The highest BCUT2D eigenvalue weighted by molar-refractivity contribution is 7.16. The van der Waals surface area contributed by atoms with Crippen LogP contribution in [-0.2, 0) is 6.54 Å². The lowest BCUT2D eigenvalue weighted by Crippen LogP contribution is -2.16. The van der Waals surface area contributed by atoms with Crippen molar-refractivity contribution in [3.63, 3.8) is 0 Å². The van der Waals surface area contributed by atoms with Crippen LogP contribution in [0, 0.1) is 12.7 Å². The molecule has 3 nitrogen and oxygen atoms in total. The second-order valence-corrected chi connectivity index (χ2v) is 5.96. The Morgan fingerprint density at radius 3 is 2.73 bits per heavy atom. The first kappa shape index (κ1) is 14.7. The normalized spacial score (nSPS) is 12.0. The largest absolute Gasteiger partial charge is 0.314 e. The van der Waals surface area contributed by atoms with E-state index in [0.29, 0.717) is 22.4 Å². The topological polar surface area (TPSA) is 34.4 Å². The van der Waals surface area contributed by atoms with E-state index in [0.717, 1.165) is 10.3 Å². The molecule has 0 saturated carbocycles. The summed E-state index contributed by atoms with van der Waals surface area (Å²) in [4.78, 5) is 17.1. The van der Waals surface area contributed by atoms with Crippen LogP contribution in [0.2, 0.25) is 0 Å². The maximum absolute atomic E-state index is 14.0. The molecular formula is C17H15FN2OS. The summed E-state index contributed by atoms with van der Waals surface area (Å²) in [5.74, 6) is -0.590. The van der Waals surface area contributed by atoms with Crippen molar-refractivity contribution in [1.29, 1.82) is 0 Å². The summed E-state index contributed by atoms with van der Waals surface area (Å²) < 4.78 is 16.6. The van der Waals surface area contributed by atoms with Gasteiger partial charge < -0.3 is 4.57 Å². The van der Waals surface area contributed by atoms with E-state index < -0.39 is 0 Å². The first-order chi connectivity index (χ1) is 10.6. The Balaban J connectivity index is 2.20. The number of nitrogens with zero attached hydrogens (tertiary/aromatic N) is 2. The average molecular weight is 314 g/mol. The molecule has 2 aromatic carbocycles. The summed E-state index contributed by atoms with van der Waals surface area (Å²) in [6.45, 7) is 4.35. The van der Waals surface area contributed by atoms with Crippen molar-refractivity contribution in [3.8, 4) is 0 Å². The molecule has 0 fully saturated rings. The Labute approximate surface area is 131 Å². The standard InChI is InChI=1S/C17H15FN2OS/c1-3-20-15-13(18)9-6-10-14(15)22-17(20)19-16(21)12-8-5-4-7-11(12)2/h4-10H,3H2,1-2H3. The zero-order valence-corrected chi connectivity index (χ0v) is 13.2. The third-order valence-electron chi connectivity index (χ3n) is 3.54. The minimum atomic E-state index is -0.299. The maximum atomic E-state index is 14.0. The van der Waals surface area contributed by atoms with Crippen molar-refractivity contribution < 1.29 is 9.18 Å². The van der Waals surface area contributed by atoms with Gasteiger partial charge in [-0.25, -0.2) is 4.39 Å². The van der Waals surface area contributed by atoms with Gasteiger partial charge in [0.1, 0.15) is 5.82 Å². The van der Waals surface area contributed by atoms with Gasteiger partial charge in [-0.05, 0) is 37.6 Å². The molecule has 0 radical (unpaired) electrons. The number of aromatic nitrogens is 1. The van der Waals surface area contributed by atoms with Crippen molar-refractivity contribution in [2.45, 2.75) is 20.4 Å². The molecule has 0 spiro atoms. The number of carbonyl (C=O) groups is 1. The number of carbonyl (C=O) groups excluding carboxylic acids is 1. The number of benzene rings is 2. The molecule has 0 aliphatic heterocycles. The number of fused-ring (bicyclic) bond motifs is 1. The Morgan fingerprint density at radius 1 is 1.23 bits per heavy atom. The van der Waals surface area contributed by atoms with Crippen LogP contribution in [0.5, 0.6) is 0 Å². The summed E-state index contributed by atoms with van der Waals surface area (Å²) in [7, 11) is 0. The highest BCUT2D eigenvalue weighted by Crippen LogP contribution is 2.20. The number of thiazole rings is 1.